The summed E-state index contributed by atoms with van der Waals surface area (Å²) in [5, 5.41) is 0. The molecular weight excluding hydrogens is 210 g/mol. The first-order valence-corrected chi connectivity index (χ1v) is 5.66. The molecule has 17 heavy (non-hydrogen) atoms. The average Bonchev–Trinajstić information content (AvgIpc) is 2.38. The Balaban J connectivity index is 2.44. The average molecular weight is 227 g/mol. The minimum atomic E-state index is 0.522. The molecule has 0 saturated carbocycles. The predicted octanol–water partition coefficient (Wildman–Crippen LogP) is 2.62. The lowest BCUT2D eigenvalue weighted by atomic mass is 10.1. The lowest BCUT2D eigenvalue weighted by molar-refractivity contribution is 1.03. The van der Waals surface area contributed by atoms with E-state index in [2.05, 4.69) is 28.9 Å². The van der Waals surface area contributed by atoms with E-state index in [0.717, 1.165) is 11.3 Å². The van der Waals surface area contributed by atoms with E-state index >= 15 is 0 Å². The summed E-state index contributed by atoms with van der Waals surface area (Å²) in [6.07, 6.45) is 3.63. The number of hydrogen-bond acceptors (Lipinski definition) is 3. The molecule has 0 saturated heterocycles. The second-order valence-electron chi connectivity index (χ2n) is 4.05. The number of anilines is 2. The first-order valence-electron chi connectivity index (χ1n) is 5.66. The fourth-order valence-electron chi connectivity index (χ4n) is 1.96. The number of para-hydroxylation sites is 1. The molecule has 0 radical (unpaired) electrons. The van der Waals surface area contributed by atoms with Crippen LogP contribution in [-0.2, 0) is 6.54 Å². The van der Waals surface area contributed by atoms with Crippen LogP contribution in [0.5, 0.6) is 0 Å². The lowest BCUT2D eigenvalue weighted by Gasteiger charge is -2.23. The summed E-state index contributed by atoms with van der Waals surface area (Å²) in [6, 6.07) is 10.2. The maximum atomic E-state index is 5.75. The van der Waals surface area contributed by atoms with Crippen LogP contribution >= 0.6 is 0 Å². The third-order valence-electron chi connectivity index (χ3n) is 2.95. The van der Waals surface area contributed by atoms with Crippen LogP contribution in [0.25, 0.3) is 0 Å². The molecule has 1 heterocycles. The van der Waals surface area contributed by atoms with Crippen LogP contribution in [0, 0.1) is 6.92 Å². The second-order valence-corrected chi connectivity index (χ2v) is 4.05. The van der Waals surface area contributed by atoms with Gasteiger partial charge in [0.2, 0.25) is 0 Å². The number of pyridine rings is 1. The highest BCUT2D eigenvalue weighted by Gasteiger charge is 2.09. The van der Waals surface area contributed by atoms with Gasteiger partial charge in [0.15, 0.2) is 0 Å². The Hall–Kier alpha value is -1.87. The van der Waals surface area contributed by atoms with Crippen molar-refractivity contribution in [2.45, 2.75) is 13.5 Å². The number of benzene rings is 1. The third-order valence-corrected chi connectivity index (χ3v) is 2.95. The van der Waals surface area contributed by atoms with Crippen LogP contribution in [0.4, 0.5) is 11.4 Å². The molecule has 88 valence electrons. The third kappa shape index (κ3) is 2.29. The van der Waals surface area contributed by atoms with Crippen molar-refractivity contribution in [3.05, 3.63) is 53.9 Å². The zero-order valence-corrected chi connectivity index (χ0v) is 10.2. The summed E-state index contributed by atoms with van der Waals surface area (Å²) in [4.78, 5) is 6.30. The van der Waals surface area contributed by atoms with Gasteiger partial charge in [0.1, 0.15) is 0 Å². The maximum Gasteiger partial charge on any atom is 0.0640 e. The van der Waals surface area contributed by atoms with Crippen molar-refractivity contribution < 1.29 is 0 Å². The summed E-state index contributed by atoms with van der Waals surface area (Å²) < 4.78 is 0. The molecule has 0 aliphatic carbocycles. The molecule has 2 aromatic rings. The molecule has 2 rings (SSSR count). The van der Waals surface area contributed by atoms with E-state index in [1.165, 1.54) is 11.3 Å². The monoisotopic (exact) mass is 227 g/mol. The van der Waals surface area contributed by atoms with Gasteiger partial charge in [-0.1, -0.05) is 18.2 Å². The van der Waals surface area contributed by atoms with E-state index < -0.39 is 0 Å². The molecule has 3 nitrogen and oxygen atoms in total. The Morgan fingerprint density at radius 3 is 2.65 bits per heavy atom. The minimum Gasteiger partial charge on any atom is -0.343 e. The topological polar surface area (TPSA) is 42.2 Å². The minimum absolute atomic E-state index is 0.522. The van der Waals surface area contributed by atoms with Crippen molar-refractivity contribution in [3.8, 4) is 0 Å². The smallest absolute Gasteiger partial charge is 0.0640 e. The van der Waals surface area contributed by atoms with E-state index in [1.807, 2.05) is 31.4 Å². The second kappa shape index (κ2) is 4.97. The normalized spacial score (nSPS) is 10.3. The van der Waals surface area contributed by atoms with Crippen molar-refractivity contribution in [2.75, 3.05) is 11.9 Å². The Bertz CT molecular complexity index is 508. The van der Waals surface area contributed by atoms with Crippen LogP contribution in [0.3, 0.4) is 0 Å². The highest BCUT2D eigenvalue weighted by atomic mass is 15.1. The van der Waals surface area contributed by atoms with Crippen LogP contribution < -0.4 is 10.6 Å². The van der Waals surface area contributed by atoms with Gasteiger partial charge >= 0.3 is 0 Å². The quantitative estimate of drug-likeness (QED) is 0.876. The summed E-state index contributed by atoms with van der Waals surface area (Å²) in [6.45, 7) is 2.62. The number of aryl methyl sites for hydroxylation is 1. The molecule has 0 spiro atoms. The summed E-state index contributed by atoms with van der Waals surface area (Å²) in [5.41, 5.74) is 10.3. The number of nitrogens with zero attached hydrogens (tertiary/aromatic N) is 2. The van der Waals surface area contributed by atoms with Crippen LogP contribution in [0.1, 0.15) is 11.1 Å². The van der Waals surface area contributed by atoms with Crippen molar-refractivity contribution in [1.82, 2.24) is 4.98 Å². The van der Waals surface area contributed by atoms with E-state index in [9.17, 15) is 0 Å². The van der Waals surface area contributed by atoms with Crippen molar-refractivity contribution >= 4 is 11.4 Å². The Morgan fingerprint density at radius 2 is 1.94 bits per heavy atom. The Labute approximate surface area is 102 Å². The zero-order valence-electron chi connectivity index (χ0n) is 10.2. The van der Waals surface area contributed by atoms with Gasteiger partial charge in [0.25, 0.3) is 0 Å². The predicted molar refractivity (Wildman–Crippen MR) is 71.4 cm³/mol. The highest BCUT2D eigenvalue weighted by molar-refractivity contribution is 5.67. The van der Waals surface area contributed by atoms with E-state index in [4.69, 9.17) is 5.73 Å². The van der Waals surface area contributed by atoms with Gasteiger partial charge in [0, 0.05) is 25.5 Å². The Morgan fingerprint density at radius 1 is 1.18 bits per heavy atom. The van der Waals surface area contributed by atoms with E-state index in [1.54, 1.807) is 6.20 Å². The molecule has 3 heteroatoms. The van der Waals surface area contributed by atoms with Crippen molar-refractivity contribution in [2.24, 2.45) is 5.73 Å². The molecule has 1 aromatic carbocycles. The molecule has 2 N–H and O–H groups in total. The van der Waals surface area contributed by atoms with Gasteiger partial charge in [-0.3, -0.25) is 4.98 Å². The van der Waals surface area contributed by atoms with Gasteiger partial charge in [0.05, 0.1) is 11.9 Å². The molecule has 0 unspecified atom stereocenters. The summed E-state index contributed by atoms with van der Waals surface area (Å²) in [7, 11) is 2.04. The van der Waals surface area contributed by atoms with Crippen molar-refractivity contribution in [3.63, 3.8) is 0 Å². The van der Waals surface area contributed by atoms with Crippen molar-refractivity contribution in [1.29, 1.82) is 0 Å². The molecule has 0 fully saturated rings. The fourth-order valence-corrected chi connectivity index (χ4v) is 1.96. The summed E-state index contributed by atoms with van der Waals surface area (Å²) >= 11 is 0. The first-order chi connectivity index (χ1) is 8.24. The fraction of sp³-hybridized carbons (Fsp3) is 0.214. The number of rotatable bonds is 3. The van der Waals surface area contributed by atoms with Crippen LogP contribution in [0.15, 0.2) is 42.7 Å². The van der Waals surface area contributed by atoms with Gasteiger partial charge in [-0.15, -0.1) is 0 Å². The molecule has 0 aliphatic heterocycles. The molecule has 0 bridgehead atoms. The SMILES string of the molecule is Cc1ccccc1N(C)c1cnccc1CN. The maximum absolute atomic E-state index is 5.75. The van der Waals surface area contributed by atoms with Gasteiger partial charge in [-0.05, 0) is 30.2 Å². The standard InChI is InChI=1S/C14H17N3/c1-11-5-3-4-6-13(11)17(2)14-10-16-8-7-12(14)9-15/h3-8,10H,9,15H2,1-2H3. The summed E-state index contributed by atoms with van der Waals surface area (Å²) in [5.74, 6) is 0. The number of aromatic nitrogens is 1. The van der Waals surface area contributed by atoms with Crippen LogP contribution in [-0.4, -0.2) is 12.0 Å². The van der Waals surface area contributed by atoms with Crippen LogP contribution in [0.2, 0.25) is 0 Å². The molecule has 0 atom stereocenters. The first kappa shape index (κ1) is 11.6. The zero-order chi connectivity index (χ0) is 12.3. The number of nitrogens with two attached hydrogens (primary N) is 1. The highest BCUT2D eigenvalue weighted by Crippen LogP contribution is 2.28. The molecule has 1 aromatic heterocycles. The number of hydrogen-bond donors (Lipinski definition) is 1. The Kier molecular flexibility index (Phi) is 3.40. The molecule has 0 aliphatic rings. The van der Waals surface area contributed by atoms with E-state index in [0.29, 0.717) is 6.54 Å². The van der Waals surface area contributed by atoms with E-state index in [-0.39, 0.29) is 0 Å². The lowest BCUT2D eigenvalue weighted by Crippen LogP contribution is -2.14. The van der Waals surface area contributed by atoms with Gasteiger partial charge in [-0.25, -0.2) is 0 Å². The molecular formula is C14H17N3. The van der Waals surface area contributed by atoms with Gasteiger partial charge in [-0.2, -0.15) is 0 Å². The van der Waals surface area contributed by atoms with Gasteiger partial charge < -0.3 is 10.6 Å². The molecule has 0 amide bonds. The largest absolute Gasteiger partial charge is 0.343 e.